The predicted molar refractivity (Wildman–Crippen MR) is 99.1 cm³/mol. The molecule has 0 aromatic heterocycles. The molecule has 1 aliphatic carbocycles. The zero-order valence-electron chi connectivity index (χ0n) is 15.6. The Balaban J connectivity index is 1.92. The lowest BCUT2D eigenvalue weighted by Crippen LogP contribution is -2.36. The first kappa shape index (κ1) is 19.8. The number of ether oxygens (including phenoxy) is 3. The molecule has 0 radical (unpaired) electrons. The Morgan fingerprint density at radius 3 is 2.54 bits per heavy atom. The molecule has 6 heteroatoms. The molecule has 0 spiro atoms. The molecule has 0 bridgehead atoms. The maximum atomic E-state index is 12.1. The summed E-state index contributed by atoms with van der Waals surface area (Å²) in [6.45, 7) is 2.06. The topological polar surface area (TPSA) is 73.9 Å². The normalized spacial score (nSPS) is 19.8. The first-order valence-electron chi connectivity index (χ1n) is 8.88. The van der Waals surface area contributed by atoms with Crippen LogP contribution in [0.5, 0.6) is 11.5 Å². The smallest absolute Gasteiger partial charge is 0.343 e. The van der Waals surface area contributed by atoms with E-state index in [-0.39, 0.29) is 18.6 Å². The molecule has 0 heterocycles. The van der Waals surface area contributed by atoms with E-state index in [0.717, 1.165) is 24.3 Å². The van der Waals surface area contributed by atoms with Gasteiger partial charge in [-0.15, -0.1) is 0 Å². The van der Waals surface area contributed by atoms with Crippen LogP contribution in [0.2, 0.25) is 0 Å². The van der Waals surface area contributed by atoms with E-state index in [2.05, 4.69) is 17.0 Å². The fourth-order valence-corrected chi connectivity index (χ4v) is 2.93. The number of nitrogens with one attached hydrogen (secondary N) is 1. The minimum Gasteiger partial charge on any atom is -0.493 e. The Morgan fingerprint density at radius 1 is 1.15 bits per heavy atom. The minimum absolute atomic E-state index is 0.0884. The van der Waals surface area contributed by atoms with E-state index in [1.807, 2.05) is 0 Å². The van der Waals surface area contributed by atoms with Crippen molar-refractivity contribution in [1.29, 1.82) is 0 Å². The monoisotopic (exact) mass is 361 g/mol. The predicted octanol–water partition coefficient (Wildman–Crippen LogP) is 2.96. The Labute approximate surface area is 154 Å². The van der Waals surface area contributed by atoms with Crippen LogP contribution in [0.3, 0.4) is 0 Å². The number of amides is 1. The molecule has 0 aliphatic heterocycles. The van der Waals surface area contributed by atoms with E-state index in [4.69, 9.17) is 9.47 Å². The van der Waals surface area contributed by atoms with Gasteiger partial charge in [0.1, 0.15) is 0 Å². The van der Waals surface area contributed by atoms with E-state index in [1.165, 1.54) is 33.1 Å². The molecular formula is C20H27NO5. The van der Waals surface area contributed by atoms with Gasteiger partial charge in [0.15, 0.2) is 18.1 Å². The maximum Gasteiger partial charge on any atom is 0.343 e. The number of esters is 1. The van der Waals surface area contributed by atoms with Crippen molar-refractivity contribution in [1.82, 2.24) is 5.32 Å². The van der Waals surface area contributed by atoms with Crippen LogP contribution in [0.25, 0.3) is 6.08 Å². The highest BCUT2D eigenvalue weighted by atomic mass is 16.6. The van der Waals surface area contributed by atoms with Gasteiger partial charge in [-0.05, 0) is 55.4 Å². The lowest BCUT2D eigenvalue weighted by atomic mass is 9.87. The quantitative estimate of drug-likeness (QED) is 0.597. The van der Waals surface area contributed by atoms with Gasteiger partial charge in [0.2, 0.25) is 5.91 Å². The van der Waals surface area contributed by atoms with Gasteiger partial charge in [-0.2, -0.15) is 0 Å². The number of hydrogen-bond donors (Lipinski definition) is 1. The highest BCUT2D eigenvalue weighted by molar-refractivity contribution is 5.92. The zero-order valence-corrected chi connectivity index (χ0v) is 15.6. The van der Waals surface area contributed by atoms with Crippen LogP contribution in [0, 0.1) is 5.92 Å². The first-order chi connectivity index (χ1) is 12.5. The minimum atomic E-state index is -0.468. The number of benzene rings is 1. The average molecular weight is 361 g/mol. The summed E-state index contributed by atoms with van der Waals surface area (Å²) in [5.41, 5.74) is 0.805. The molecule has 1 fully saturated rings. The number of rotatable bonds is 7. The van der Waals surface area contributed by atoms with Crippen molar-refractivity contribution in [3.05, 3.63) is 29.8 Å². The molecule has 1 N–H and O–H groups in total. The summed E-state index contributed by atoms with van der Waals surface area (Å²) in [4.78, 5) is 23.3. The van der Waals surface area contributed by atoms with Gasteiger partial charge in [-0.1, -0.05) is 13.0 Å². The summed E-state index contributed by atoms with van der Waals surface area (Å²) in [7, 11) is 2.82. The molecule has 1 aromatic carbocycles. The van der Waals surface area contributed by atoms with Crippen molar-refractivity contribution in [3.8, 4) is 11.5 Å². The SMILES string of the molecule is COC(=O)COc1ccc(/C=C/C(=O)NC2CCC(C)CC2)cc1OC. The molecule has 0 unspecified atom stereocenters. The lowest BCUT2D eigenvalue weighted by molar-refractivity contribution is -0.142. The lowest BCUT2D eigenvalue weighted by Gasteiger charge is -2.26. The van der Waals surface area contributed by atoms with Gasteiger partial charge >= 0.3 is 5.97 Å². The van der Waals surface area contributed by atoms with Crippen molar-refractivity contribution < 1.29 is 23.8 Å². The second kappa shape index (κ2) is 9.85. The Kier molecular flexibility index (Phi) is 7.51. The molecular weight excluding hydrogens is 334 g/mol. The fraction of sp³-hybridized carbons (Fsp3) is 0.500. The van der Waals surface area contributed by atoms with E-state index in [0.29, 0.717) is 11.5 Å². The third-order valence-electron chi connectivity index (χ3n) is 4.55. The number of methoxy groups -OCH3 is 2. The van der Waals surface area contributed by atoms with E-state index >= 15 is 0 Å². The number of carbonyl (C=O) groups is 2. The molecule has 6 nitrogen and oxygen atoms in total. The molecule has 1 saturated carbocycles. The van der Waals surface area contributed by atoms with Crippen molar-refractivity contribution in [2.24, 2.45) is 5.92 Å². The van der Waals surface area contributed by atoms with E-state index < -0.39 is 5.97 Å². The van der Waals surface area contributed by atoms with Crippen LogP contribution >= 0.6 is 0 Å². The standard InChI is InChI=1S/C20H27NO5/c1-14-4-8-16(9-5-14)21-19(22)11-7-15-6-10-17(18(12-15)24-2)26-13-20(23)25-3/h6-7,10-12,14,16H,4-5,8-9,13H2,1-3H3,(H,21,22)/b11-7+. The largest absolute Gasteiger partial charge is 0.493 e. The van der Waals surface area contributed by atoms with Gasteiger partial charge in [-0.25, -0.2) is 4.79 Å². The Bertz CT molecular complexity index is 648. The molecule has 0 atom stereocenters. The third kappa shape index (κ3) is 6.10. The average Bonchev–Trinajstić information content (AvgIpc) is 2.66. The second-order valence-corrected chi connectivity index (χ2v) is 6.57. The van der Waals surface area contributed by atoms with Crippen LogP contribution in [-0.2, 0) is 14.3 Å². The third-order valence-corrected chi connectivity index (χ3v) is 4.55. The molecule has 26 heavy (non-hydrogen) atoms. The van der Waals surface area contributed by atoms with Crippen LogP contribution < -0.4 is 14.8 Å². The highest BCUT2D eigenvalue weighted by Crippen LogP contribution is 2.28. The molecule has 1 aliphatic rings. The van der Waals surface area contributed by atoms with Crippen LogP contribution in [-0.4, -0.2) is 38.7 Å². The van der Waals surface area contributed by atoms with E-state index in [1.54, 1.807) is 24.3 Å². The Hall–Kier alpha value is -2.50. The van der Waals surface area contributed by atoms with Gasteiger partial charge in [0.05, 0.1) is 14.2 Å². The van der Waals surface area contributed by atoms with Crippen molar-refractivity contribution in [2.45, 2.75) is 38.6 Å². The first-order valence-corrected chi connectivity index (χ1v) is 8.88. The molecule has 0 saturated heterocycles. The summed E-state index contributed by atoms with van der Waals surface area (Å²) in [6.07, 6.45) is 7.68. The summed E-state index contributed by atoms with van der Waals surface area (Å²) < 4.78 is 15.2. The number of carbonyl (C=O) groups excluding carboxylic acids is 2. The van der Waals surface area contributed by atoms with Crippen LogP contribution in [0.15, 0.2) is 24.3 Å². The Morgan fingerprint density at radius 2 is 1.88 bits per heavy atom. The van der Waals surface area contributed by atoms with Crippen molar-refractivity contribution in [3.63, 3.8) is 0 Å². The van der Waals surface area contributed by atoms with E-state index in [9.17, 15) is 9.59 Å². The molecule has 142 valence electrons. The van der Waals surface area contributed by atoms with Gasteiger partial charge < -0.3 is 19.5 Å². The maximum absolute atomic E-state index is 12.1. The van der Waals surface area contributed by atoms with Crippen molar-refractivity contribution in [2.75, 3.05) is 20.8 Å². The molecule has 1 aromatic rings. The highest BCUT2D eigenvalue weighted by Gasteiger charge is 2.18. The summed E-state index contributed by atoms with van der Waals surface area (Å²) in [5.74, 6) is 1.12. The van der Waals surface area contributed by atoms with Gasteiger partial charge in [-0.3, -0.25) is 4.79 Å². The van der Waals surface area contributed by atoms with Gasteiger partial charge in [0, 0.05) is 12.1 Å². The zero-order chi connectivity index (χ0) is 18.9. The summed E-state index contributed by atoms with van der Waals surface area (Å²) in [6, 6.07) is 5.51. The van der Waals surface area contributed by atoms with Crippen LogP contribution in [0.4, 0.5) is 0 Å². The van der Waals surface area contributed by atoms with Gasteiger partial charge in [0.25, 0.3) is 0 Å². The van der Waals surface area contributed by atoms with Crippen molar-refractivity contribution >= 4 is 18.0 Å². The summed E-state index contributed by atoms with van der Waals surface area (Å²) in [5, 5.41) is 3.06. The molecule has 2 rings (SSSR count). The number of hydrogen-bond acceptors (Lipinski definition) is 5. The fourth-order valence-electron chi connectivity index (χ4n) is 2.93. The summed E-state index contributed by atoms with van der Waals surface area (Å²) >= 11 is 0. The second-order valence-electron chi connectivity index (χ2n) is 6.57. The van der Waals surface area contributed by atoms with Crippen LogP contribution in [0.1, 0.15) is 38.2 Å². The molecule has 1 amide bonds.